The zero-order valence-electron chi connectivity index (χ0n) is 15.3. The molecule has 10 heteroatoms. The van der Waals surface area contributed by atoms with Crippen LogP contribution < -0.4 is 9.47 Å². The molecule has 4 nitrogen and oxygen atoms in total. The van der Waals surface area contributed by atoms with E-state index in [1.807, 2.05) is 0 Å². The van der Waals surface area contributed by atoms with Crippen LogP contribution in [0, 0.1) is 0 Å². The molecule has 0 unspecified atom stereocenters. The van der Waals surface area contributed by atoms with Gasteiger partial charge in [0, 0.05) is 5.56 Å². The van der Waals surface area contributed by atoms with E-state index in [1.54, 1.807) is 0 Å². The van der Waals surface area contributed by atoms with Gasteiger partial charge in [-0.15, -0.1) is 13.2 Å². The standard InChI is InChI=1S/C20H16F6O4/c21-19(22,23)11-29-16-7-4-13(18(17(27)28)8-1-9-18)10-15(16)12-2-5-14(6-3-12)30-20(24,25)26/h2-7,10H,1,8-9,11H2,(H,27,28). The molecule has 0 heterocycles. The zero-order chi connectivity index (χ0) is 22.2. The minimum absolute atomic E-state index is 0.142. The average Bonchev–Trinajstić information content (AvgIpc) is 2.58. The predicted octanol–water partition coefficient (Wildman–Crippen LogP) is 5.70. The van der Waals surface area contributed by atoms with E-state index in [2.05, 4.69) is 4.74 Å². The fourth-order valence-corrected chi connectivity index (χ4v) is 3.33. The molecule has 1 N–H and O–H groups in total. The van der Waals surface area contributed by atoms with E-state index >= 15 is 0 Å². The first-order valence-electron chi connectivity index (χ1n) is 8.83. The second kappa shape index (κ2) is 7.73. The van der Waals surface area contributed by atoms with Gasteiger partial charge in [-0.1, -0.05) is 24.6 Å². The molecular formula is C20H16F6O4. The van der Waals surface area contributed by atoms with Crippen LogP contribution in [0.4, 0.5) is 26.3 Å². The number of alkyl halides is 6. The van der Waals surface area contributed by atoms with Crippen LogP contribution in [0.3, 0.4) is 0 Å². The summed E-state index contributed by atoms with van der Waals surface area (Å²) >= 11 is 0. The highest BCUT2D eigenvalue weighted by atomic mass is 19.4. The summed E-state index contributed by atoms with van der Waals surface area (Å²) < 4.78 is 83.5. The summed E-state index contributed by atoms with van der Waals surface area (Å²) in [6, 6.07) is 8.56. The van der Waals surface area contributed by atoms with E-state index in [4.69, 9.17) is 4.74 Å². The Labute approximate surface area is 167 Å². The first-order chi connectivity index (χ1) is 13.9. The van der Waals surface area contributed by atoms with Crippen molar-refractivity contribution in [1.82, 2.24) is 0 Å². The Kier molecular flexibility index (Phi) is 5.62. The molecule has 0 spiro atoms. The van der Waals surface area contributed by atoms with Gasteiger partial charge in [-0.05, 0) is 48.2 Å². The molecule has 3 rings (SSSR count). The average molecular weight is 434 g/mol. The first kappa shape index (κ1) is 21.8. The lowest BCUT2D eigenvalue weighted by Gasteiger charge is -2.38. The first-order valence-corrected chi connectivity index (χ1v) is 8.83. The molecule has 2 aromatic rings. The third-order valence-corrected chi connectivity index (χ3v) is 4.94. The van der Waals surface area contributed by atoms with Crippen LogP contribution in [0.5, 0.6) is 11.5 Å². The van der Waals surface area contributed by atoms with Gasteiger partial charge in [0.1, 0.15) is 11.5 Å². The molecule has 1 fully saturated rings. The number of carboxylic acids is 1. The summed E-state index contributed by atoms with van der Waals surface area (Å²) in [6.07, 6.45) is -8.04. The van der Waals surface area contributed by atoms with Crippen LogP contribution in [0.2, 0.25) is 0 Å². The summed E-state index contributed by atoms with van der Waals surface area (Å²) in [5.74, 6) is -1.71. The minimum atomic E-state index is -4.89. The normalized spacial score (nSPS) is 15.9. The number of carbonyl (C=O) groups is 1. The highest BCUT2D eigenvalue weighted by Gasteiger charge is 2.46. The molecule has 30 heavy (non-hydrogen) atoms. The number of halogens is 6. The Morgan fingerprint density at radius 2 is 1.63 bits per heavy atom. The molecule has 0 aliphatic heterocycles. The smallest absolute Gasteiger partial charge is 0.483 e. The molecular weight excluding hydrogens is 418 g/mol. The fraction of sp³-hybridized carbons (Fsp3) is 0.350. The van der Waals surface area contributed by atoms with Gasteiger partial charge in [0.25, 0.3) is 0 Å². The number of benzene rings is 2. The van der Waals surface area contributed by atoms with Gasteiger partial charge in [0.2, 0.25) is 0 Å². The lowest BCUT2D eigenvalue weighted by atomic mass is 9.64. The van der Waals surface area contributed by atoms with Gasteiger partial charge in [0.05, 0.1) is 5.41 Å². The molecule has 1 aliphatic rings. The van der Waals surface area contributed by atoms with E-state index in [1.165, 1.54) is 30.3 Å². The van der Waals surface area contributed by atoms with Crippen LogP contribution in [0.15, 0.2) is 42.5 Å². The number of aliphatic carboxylic acids is 1. The maximum atomic E-state index is 12.6. The Morgan fingerprint density at radius 3 is 2.10 bits per heavy atom. The Morgan fingerprint density at radius 1 is 1.00 bits per heavy atom. The molecule has 1 saturated carbocycles. The number of carboxylic acid groups (broad SMARTS) is 1. The number of ether oxygens (including phenoxy) is 2. The van der Waals surface area contributed by atoms with Gasteiger partial charge < -0.3 is 14.6 Å². The second-order valence-electron chi connectivity index (χ2n) is 6.93. The van der Waals surface area contributed by atoms with Gasteiger partial charge in [-0.2, -0.15) is 13.2 Å². The molecule has 0 radical (unpaired) electrons. The Balaban J connectivity index is 2.00. The van der Waals surface area contributed by atoms with Gasteiger partial charge >= 0.3 is 18.5 Å². The van der Waals surface area contributed by atoms with E-state index in [-0.39, 0.29) is 16.9 Å². The topological polar surface area (TPSA) is 55.8 Å². The maximum absolute atomic E-state index is 12.6. The quantitative estimate of drug-likeness (QED) is 0.593. The third kappa shape index (κ3) is 4.80. The maximum Gasteiger partial charge on any atom is 0.573 e. The number of hydrogen-bond acceptors (Lipinski definition) is 3. The van der Waals surface area contributed by atoms with E-state index in [0.29, 0.717) is 24.8 Å². The van der Waals surface area contributed by atoms with Gasteiger partial charge in [0.15, 0.2) is 6.61 Å². The molecule has 2 aromatic carbocycles. The highest BCUT2D eigenvalue weighted by Crippen LogP contribution is 2.46. The lowest BCUT2D eigenvalue weighted by Crippen LogP contribution is -2.42. The van der Waals surface area contributed by atoms with E-state index < -0.39 is 36.3 Å². The molecule has 162 valence electrons. The van der Waals surface area contributed by atoms with Crippen molar-refractivity contribution >= 4 is 5.97 Å². The monoisotopic (exact) mass is 434 g/mol. The number of hydrogen-bond donors (Lipinski definition) is 1. The van der Waals surface area contributed by atoms with Crippen molar-refractivity contribution in [2.45, 2.75) is 37.2 Å². The molecule has 0 amide bonds. The minimum Gasteiger partial charge on any atom is -0.483 e. The Bertz CT molecular complexity index is 914. The zero-order valence-corrected chi connectivity index (χ0v) is 15.3. The van der Waals surface area contributed by atoms with Crippen molar-refractivity contribution < 1.29 is 45.7 Å². The fourth-order valence-electron chi connectivity index (χ4n) is 3.33. The summed E-state index contributed by atoms with van der Waals surface area (Å²) in [5.41, 5.74) is -0.353. The predicted molar refractivity (Wildman–Crippen MR) is 93.3 cm³/mol. The lowest BCUT2D eigenvalue weighted by molar-refractivity contribution is -0.274. The molecule has 0 saturated heterocycles. The van der Waals surface area contributed by atoms with Crippen LogP contribution in [-0.2, 0) is 10.2 Å². The number of rotatable bonds is 6. The van der Waals surface area contributed by atoms with Crippen molar-refractivity contribution in [1.29, 1.82) is 0 Å². The molecule has 1 aliphatic carbocycles. The highest BCUT2D eigenvalue weighted by molar-refractivity contribution is 5.84. The Hall–Kier alpha value is -2.91. The summed E-state index contributed by atoms with van der Waals surface area (Å²) in [7, 11) is 0. The molecule has 0 aromatic heterocycles. The summed E-state index contributed by atoms with van der Waals surface area (Å²) in [5, 5.41) is 9.62. The second-order valence-corrected chi connectivity index (χ2v) is 6.93. The van der Waals surface area contributed by atoms with E-state index in [9.17, 15) is 36.2 Å². The van der Waals surface area contributed by atoms with Crippen LogP contribution >= 0.6 is 0 Å². The van der Waals surface area contributed by atoms with Crippen LogP contribution in [-0.4, -0.2) is 30.2 Å². The third-order valence-electron chi connectivity index (χ3n) is 4.94. The SMILES string of the molecule is O=C(O)C1(c2ccc(OCC(F)(F)F)c(-c3ccc(OC(F)(F)F)cc3)c2)CCC1. The van der Waals surface area contributed by atoms with Gasteiger partial charge in [-0.25, -0.2) is 0 Å². The van der Waals surface area contributed by atoms with Gasteiger partial charge in [-0.3, -0.25) is 4.79 Å². The molecule has 0 atom stereocenters. The largest absolute Gasteiger partial charge is 0.573 e. The molecule has 0 bridgehead atoms. The van der Waals surface area contributed by atoms with Crippen molar-refractivity contribution in [2.75, 3.05) is 6.61 Å². The van der Waals surface area contributed by atoms with Crippen molar-refractivity contribution in [3.63, 3.8) is 0 Å². The van der Waals surface area contributed by atoms with Crippen molar-refractivity contribution in [3.8, 4) is 22.6 Å². The van der Waals surface area contributed by atoms with Crippen LogP contribution in [0.1, 0.15) is 24.8 Å². The van der Waals surface area contributed by atoms with Crippen molar-refractivity contribution in [2.24, 2.45) is 0 Å². The summed E-state index contributed by atoms with van der Waals surface area (Å²) in [4.78, 5) is 11.8. The van der Waals surface area contributed by atoms with E-state index in [0.717, 1.165) is 12.1 Å². The van der Waals surface area contributed by atoms with Crippen molar-refractivity contribution in [3.05, 3.63) is 48.0 Å². The summed E-state index contributed by atoms with van der Waals surface area (Å²) in [6.45, 7) is -1.57. The van der Waals surface area contributed by atoms with Crippen LogP contribution in [0.25, 0.3) is 11.1 Å².